The summed E-state index contributed by atoms with van der Waals surface area (Å²) in [6.07, 6.45) is 6.66. The van der Waals surface area contributed by atoms with Crippen molar-refractivity contribution in [2.24, 2.45) is 0 Å². The lowest BCUT2D eigenvalue weighted by atomic mass is 9.91. The third-order valence-corrected chi connectivity index (χ3v) is 6.02. The van der Waals surface area contributed by atoms with Crippen LogP contribution in [0.4, 0.5) is 5.69 Å². The smallest absolute Gasteiger partial charge is 0.0412 e. The van der Waals surface area contributed by atoms with Gasteiger partial charge in [0.25, 0.3) is 0 Å². The summed E-state index contributed by atoms with van der Waals surface area (Å²) in [5.41, 5.74) is 3.11. The average Bonchev–Trinajstić information content (AvgIpc) is 2.90. The SMILES string of the molecule is CCC1CNC2(CCCC2)CN1c1ccc(Br)c(C)c1. The monoisotopic (exact) mass is 336 g/mol. The van der Waals surface area contributed by atoms with E-state index in [1.54, 1.807) is 0 Å². The molecular formula is C17H25BrN2. The fourth-order valence-corrected chi connectivity index (χ4v) is 4.06. The van der Waals surface area contributed by atoms with Crippen LogP contribution in [0.5, 0.6) is 0 Å². The molecule has 1 aliphatic carbocycles. The number of halogens is 1. The van der Waals surface area contributed by atoms with Gasteiger partial charge in [0.05, 0.1) is 0 Å². The molecule has 0 aromatic heterocycles. The van der Waals surface area contributed by atoms with Gasteiger partial charge in [-0.1, -0.05) is 35.7 Å². The lowest BCUT2D eigenvalue weighted by Gasteiger charge is -2.47. The molecule has 1 atom stereocenters. The van der Waals surface area contributed by atoms with E-state index in [1.165, 1.54) is 54.4 Å². The van der Waals surface area contributed by atoms with E-state index in [0.29, 0.717) is 11.6 Å². The molecule has 1 saturated heterocycles. The highest BCUT2D eigenvalue weighted by atomic mass is 79.9. The van der Waals surface area contributed by atoms with Gasteiger partial charge in [0.2, 0.25) is 0 Å². The second kappa shape index (κ2) is 5.69. The minimum absolute atomic E-state index is 0.382. The fraction of sp³-hybridized carbons (Fsp3) is 0.647. The molecule has 2 nitrogen and oxygen atoms in total. The Kier molecular flexibility index (Phi) is 4.09. The quantitative estimate of drug-likeness (QED) is 0.867. The zero-order valence-corrected chi connectivity index (χ0v) is 14.2. The summed E-state index contributed by atoms with van der Waals surface area (Å²) in [6.45, 7) is 6.79. The van der Waals surface area contributed by atoms with Crippen molar-refractivity contribution in [3.63, 3.8) is 0 Å². The Labute approximate surface area is 131 Å². The van der Waals surface area contributed by atoms with E-state index < -0.39 is 0 Å². The van der Waals surface area contributed by atoms with Crippen LogP contribution in [0, 0.1) is 6.92 Å². The van der Waals surface area contributed by atoms with Gasteiger partial charge in [-0.3, -0.25) is 0 Å². The summed E-state index contributed by atoms with van der Waals surface area (Å²) in [4.78, 5) is 2.65. The van der Waals surface area contributed by atoms with Crippen molar-refractivity contribution < 1.29 is 0 Å². The van der Waals surface area contributed by atoms with Crippen molar-refractivity contribution in [1.82, 2.24) is 5.32 Å². The predicted octanol–water partition coefficient (Wildman–Crippen LogP) is 4.26. The molecule has 1 saturated carbocycles. The molecule has 1 heterocycles. The van der Waals surface area contributed by atoms with E-state index in [4.69, 9.17) is 0 Å². The largest absolute Gasteiger partial charge is 0.365 e. The van der Waals surface area contributed by atoms with E-state index in [-0.39, 0.29) is 0 Å². The van der Waals surface area contributed by atoms with Gasteiger partial charge in [-0.15, -0.1) is 0 Å². The Bertz CT molecular complexity index is 480. The Morgan fingerprint density at radius 3 is 2.75 bits per heavy atom. The number of piperazine rings is 1. The number of nitrogens with one attached hydrogen (secondary N) is 1. The van der Waals surface area contributed by atoms with Crippen molar-refractivity contribution in [1.29, 1.82) is 0 Å². The molecule has 1 aliphatic heterocycles. The molecule has 1 aromatic carbocycles. The molecule has 0 amide bonds. The molecule has 1 aromatic rings. The van der Waals surface area contributed by atoms with Crippen molar-refractivity contribution in [3.8, 4) is 0 Å². The zero-order valence-electron chi connectivity index (χ0n) is 12.6. The molecule has 1 unspecified atom stereocenters. The molecule has 2 aliphatic rings. The van der Waals surface area contributed by atoms with Crippen LogP contribution < -0.4 is 10.2 Å². The number of rotatable bonds is 2. The average molecular weight is 337 g/mol. The highest BCUT2D eigenvalue weighted by Gasteiger charge is 2.40. The normalized spacial score (nSPS) is 25.4. The number of hydrogen-bond donors (Lipinski definition) is 1. The van der Waals surface area contributed by atoms with Gasteiger partial charge in [0.1, 0.15) is 0 Å². The first-order valence-electron chi connectivity index (χ1n) is 7.91. The van der Waals surface area contributed by atoms with Crippen LogP contribution in [0.3, 0.4) is 0 Å². The summed E-state index contributed by atoms with van der Waals surface area (Å²) in [7, 11) is 0. The van der Waals surface area contributed by atoms with E-state index in [0.717, 1.165) is 6.54 Å². The Morgan fingerprint density at radius 1 is 1.35 bits per heavy atom. The molecule has 1 spiro atoms. The van der Waals surface area contributed by atoms with Gasteiger partial charge in [0.15, 0.2) is 0 Å². The number of aryl methyl sites for hydroxylation is 1. The van der Waals surface area contributed by atoms with Crippen molar-refractivity contribution in [2.75, 3.05) is 18.0 Å². The molecule has 3 rings (SSSR count). The summed E-state index contributed by atoms with van der Waals surface area (Å²) in [5, 5.41) is 3.87. The molecule has 2 fully saturated rings. The summed E-state index contributed by atoms with van der Waals surface area (Å²) in [6, 6.07) is 7.43. The third-order valence-electron chi connectivity index (χ3n) is 5.13. The van der Waals surface area contributed by atoms with E-state index >= 15 is 0 Å². The van der Waals surface area contributed by atoms with Gasteiger partial charge < -0.3 is 10.2 Å². The Balaban J connectivity index is 1.88. The molecule has 20 heavy (non-hydrogen) atoms. The maximum atomic E-state index is 3.87. The highest BCUT2D eigenvalue weighted by Crippen LogP contribution is 2.36. The standard InChI is InChI=1S/C17H25BrN2/c1-3-14-11-19-17(8-4-5-9-17)12-20(14)15-6-7-16(18)13(2)10-15/h6-7,10,14,19H,3-5,8-9,11-12H2,1-2H3. The molecule has 3 heteroatoms. The van der Waals surface area contributed by atoms with Crippen LogP contribution in [0.2, 0.25) is 0 Å². The number of hydrogen-bond acceptors (Lipinski definition) is 2. The molecule has 110 valence electrons. The molecule has 0 bridgehead atoms. The topological polar surface area (TPSA) is 15.3 Å². The van der Waals surface area contributed by atoms with Crippen LogP contribution in [-0.2, 0) is 0 Å². The predicted molar refractivity (Wildman–Crippen MR) is 89.5 cm³/mol. The minimum atomic E-state index is 0.382. The van der Waals surface area contributed by atoms with E-state index in [9.17, 15) is 0 Å². The second-order valence-electron chi connectivity index (χ2n) is 6.49. The van der Waals surface area contributed by atoms with Crippen molar-refractivity contribution >= 4 is 21.6 Å². The summed E-state index contributed by atoms with van der Waals surface area (Å²) in [5.74, 6) is 0. The maximum Gasteiger partial charge on any atom is 0.0412 e. The first kappa shape index (κ1) is 14.4. The number of anilines is 1. The lowest BCUT2D eigenvalue weighted by Crippen LogP contribution is -2.63. The second-order valence-corrected chi connectivity index (χ2v) is 7.35. The van der Waals surface area contributed by atoms with E-state index in [2.05, 4.69) is 58.2 Å². The van der Waals surface area contributed by atoms with Crippen LogP contribution in [0.25, 0.3) is 0 Å². The molecule has 0 radical (unpaired) electrons. The molecule has 1 N–H and O–H groups in total. The van der Waals surface area contributed by atoms with Crippen LogP contribution in [-0.4, -0.2) is 24.7 Å². The van der Waals surface area contributed by atoms with E-state index in [1.807, 2.05) is 0 Å². The summed E-state index contributed by atoms with van der Waals surface area (Å²) >= 11 is 3.61. The van der Waals surface area contributed by atoms with Crippen molar-refractivity contribution in [2.45, 2.75) is 57.5 Å². The van der Waals surface area contributed by atoms with Gasteiger partial charge in [-0.25, -0.2) is 0 Å². The van der Waals surface area contributed by atoms with Crippen LogP contribution >= 0.6 is 15.9 Å². The van der Waals surface area contributed by atoms with Crippen LogP contribution in [0.1, 0.15) is 44.6 Å². The third kappa shape index (κ3) is 2.62. The Hall–Kier alpha value is -0.540. The highest BCUT2D eigenvalue weighted by molar-refractivity contribution is 9.10. The molecular weight excluding hydrogens is 312 g/mol. The fourth-order valence-electron chi connectivity index (χ4n) is 3.82. The Morgan fingerprint density at radius 2 is 2.10 bits per heavy atom. The van der Waals surface area contributed by atoms with Gasteiger partial charge in [-0.2, -0.15) is 0 Å². The summed E-state index contributed by atoms with van der Waals surface area (Å²) < 4.78 is 1.21. The zero-order chi connectivity index (χ0) is 14.2. The van der Waals surface area contributed by atoms with Gasteiger partial charge >= 0.3 is 0 Å². The minimum Gasteiger partial charge on any atom is -0.365 e. The first-order chi connectivity index (χ1) is 9.63. The maximum absolute atomic E-state index is 3.87. The lowest BCUT2D eigenvalue weighted by molar-refractivity contribution is 0.267. The number of benzene rings is 1. The van der Waals surface area contributed by atoms with Gasteiger partial charge in [0, 0.05) is 34.8 Å². The van der Waals surface area contributed by atoms with Gasteiger partial charge in [-0.05, 0) is 49.9 Å². The van der Waals surface area contributed by atoms with Crippen LogP contribution in [0.15, 0.2) is 22.7 Å². The first-order valence-corrected chi connectivity index (χ1v) is 8.71. The number of nitrogens with zero attached hydrogens (tertiary/aromatic N) is 1. The van der Waals surface area contributed by atoms with Crippen molar-refractivity contribution in [3.05, 3.63) is 28.2 Å².